The zero-order valence-corrected chi connectivity index (χ0v) is 8.22. The molecule has 0 unspecified atom stereocenters. The molecule has 0 fully saturated rings. The Morgan fingerprint density at radius 1 is 1.50 bits per heavy atom. The Morgan fingerprint density at radius 3 is 2.67 bits per heavy atom. The summed E-state index contributed by atoms with van der Waals surface area (Å²) in [7, 11) is 1.49. The third-order valence-electron chi connectivity index (χ3n) is 1.32. The molecule has 0 radical (unpaired) electrons. The SMILES string of the molecule is Br.COc1ccc(F)cc1NN. The Morgan fingerprint density at radius 2 is 2.17 bits per heavy atom. The van der Waals surface area contributed by atoms with Gasteiger partial charge in [-0.15, -0.1) is 17.0 Å². The lowest BCUT2D eigenvalue weighted by Gasteiger charge is -2.06. The minimum Gasteiger partial charge on any atom is -0.495 e. The molecule has 0 aliphatic carbocycles. The van der Waals surface area contributed by atoms with Crippen LogP contribution in [0, 0.1) is 5.82 Å². The van der Waals surface area contributed by atoms with E-state index in [2.05, 4.69) is 5.43 Å². The van der Waals surface area contributed by atoms with E-state index in [4.69, 9.17) is 10.6 Å². The van der Waals surface area contributed by atoms with E-state index in [9.17, 15) is 4.39 Å². The van der Waals surface area contributed by atoms with Crippen molar-refractivity contribution in [1.29, 1.82) is 0 Å². The molecule has 0 aliphatic rings. The number of nitrogen functional groups attached to an aromatic ring is 1. The highest BCUT2D eigenvalue weighted by Crippen LogP contribution is 2.23. The van der Waals surface area contributed by atoms with Crippen LogP contribution in [0.5, 0.6) is 5.75 Å². The monoisotopic (exact) mass is 236 g/mol. The Bertz CT molecular complexity index is 257. The summed E-state index contributed by atoms with van der Waals surface area (Å²) in [5.74, 6) is 5.27. The average Bonchev–Trinajstić information content (AvgIpc) is 2.04. The van der Waals surface area contributed by atoms with Crippen molar-refractivity contribution >= 4 is 22.7 Å². The first-order chi connectivity index (χ1) is 5.27. The maximum Gasteiger partial charge on any atom is 0.143 e. The second-order valence-corrected chi connectivity index (χ2v) is 1.99. The van der Waals surface area contributed by atoms with Crippen LogP contribution < -0.4 is 16.0 Å². The quantitative estimate of drug-likeness (QED) is 0.607. The van der Waals surface area contributed by atoms with Gasteiger partial charge in [0.15, 0.2) is 0 Å². The second-order valence-electron chi connectivity index (χ2n) is 1.99. The van der Waals surface area contributed by atoms with Gasteiger partial charge in [-0.25, -0.2) is 4.39 Å². The van der Waals surface area contributed by atoms with Gasteiger partial charge >= 0.3 is 0 Å². The molecular weight excluding hydrogens is 227 g/mol. The van der Waals surface area contributed by atoms with Crippen molar-refractivity contribution in [3.63, 3.8) is 0 Å². The maximum absolute atomic E-state index is 12.5. The van der Waals surface area contributed by atoms with Crippen LogP contribution >= 0.6 is 17.0 Å². The molecule has 0 amide bonds. The topological polar surface area (TPSA) is 47.3 Å². The van der Waals surface area contributed by atoms with Crippen LogP contribution in [0.3, 0.4) is 0 Å². The molecule has 0 saturated carbocycles. The predicted molar refractivity (Wildman–Crippen MR) is 51.1 cm³/mol. The van der Waals surface area contributed by atoms with Crippen molar-refractivity contribution in [3.05, 3.63) is 24.0 Å². The van der Waals surface area contributed by atoms with Gasteiger partial charge in [0.2, 0.25) is 0 Å². The molecule has 1 rings (SSSR count). The van der Waals surface area contributed by atoms with E-state index >= 15 is 0 Å². The van der Waals surface area contributed by atoms with Gasteiger partial charge in [0.25, 0.3) is 0 Å². The van der Waals surface area contributed by atoms with Crippen molar-refractivity contribution in [2.24, 2.45) is 5.84 Å². The smallest absolute Gasteiger partial charge is 0.143 e. The summed E-state index contributed by atoms with van der Waals surface area (Å²) < 4.78 is 17.4. The van der Waals surface area contributed by atoms with E-state index in [1.807, 2.05) is 0 Å². The highest BCUT2D eigenvalue weighted by molar-refractivity contribution is 8.93. The van der Waals surface area contributed by atoms with E-state index in [-0.39, 0.29) is 22.8 Å². The normalized spacial score (nSPS) is 8.58. The molecule has 3 nitrogen and oxygen atoms in total. The first-order valence-corrected chi connectivity index (χ1v) is 3.08. The van der Waals surface area contributed by atoms with Gasteiger partial charge < -0.3 is 10.2 Å². The van der Waals surface area contributed by atoms with Crippen LogP contribution in [0.2, 0.25) is 0 Å². The molecule has 0 atom stereocenters. The fourth-order valence-electron chi connectivity index (χ4n) is 0.793. The standard InChI is InChI=1S/C7H9FN2O.BrH/c1-11-7-3-2-5(8)4-6(7)10-9;/h2-4,10H,9H2,1H3;1H. The third-order valence-corrected chi connectivity index (χ3v) is 1.32. The van der Waals surface area contributed by atoms with E-state index < -0.39 is 0 Å². The summed E-state index contributed by atoms with van der Waals surface area (Å²) >= 11 is 0. The summed E-state index contributed by atoms with van der Waals surface area (Å²) in [5.41, 5.74) is 2.76. The molecule has 0 aromatic heterocycles. The number of hydrazine groups is 1. The lowest BCUT2D eigenvalue weighted by atomic mass is 10.3. The van der Waals surface area contributed by atoms with E-state index in [1.54, 1.807) is 0 Å². The number of benzene rings is 1. The van der Waals surface area contributed by atoms with Crippen LogP contribution in [-0.4, -0.2) is 7.11 Å². The van der Waals surface area contributed by atoms with Crippen LogP contribution in [0.4, 0.5) is 10.1 Å². The third kappa shape index (κ3) is 2.35. The minimum absolute atomic E-state index is 0. The highest BCUT2D eigenvalue weighted by Gasteiger charge is 2.00. The van der Waals surface area contributed by atoms with Gasteiger partial charge in [-0.2, -0.15) is 0 Å². The highest BCUT2D eigenvalue weighted by atomic mass is 79.9. The molecule has 0 bridgehead atoms. The predicted octanol–water partition coefficient (Wildman–Crippen LogP) is 1.70. The van der Waals surface area contributed by atoms with Gasteiger partial charge in [-0.1, -0.05) is 0 Å². The zero-order chi connectivity index (χ0) is 8.27. The number of anilines is 1. The minimum atomic E-state index is -0.348. The first kappa shape index (κ1) is 11.2. The molecule has 3 N–H and O–H groups in total. The van der Waals surface area contributed by atoms with Crippen molar-refractivity contribution in [3.8, 4) is 5.75 Å². The van der Waals surface area contributed by atoms with Gasteiger partial charge in [0.1, 0.15) is 11.6 Å². The molecule has 1 aromatic carbocycles. The van der Waals surface area contributed by atoms with Crippen LogP contribution in [0.15, 0.2) is 18.2 Å². The van der Waals surface area contributed by atoms with E-state index in [0.717, 1.165) is 0 Å². The molecule has 1 aromatic rings. The number of methoxy groups -OCH3 is 1. The number of rotatable bonds is 2. The van der Waals surface area contributed by atoms with Crippen LogP contribution in [0.1, 0.15) is 0 Å². The van der Waals surface area contributed by atoms with Crippen molar-refractivity contribution in [2.75, 3.05) is 12.5 Å². The van der Waals surface area contributed by atoms with Crippen molar-refractivity contribution in [2.45, 2.75) is 0 Å². The molecule has 0 saturated heterocycles. The number of nitrogens with two attached hydrogens (primary N) is 1. The average molecular weight is 237 g/mol. The Balaban J connectivity index is 0.00000121. The summed E-state index contributed by atoms with van der Waals surface area (Å²) in [5, 5.41) is 0. The van der Waals surface area contributed by atoms with Crippen LogP contribution in [0.25, 0.3) is 0 Å². The van der Waals surface area contributed by atoms with Gasteiger partial charge in [-0.3, -0.25) is 5.84 Å². The molecule has 0 heterocycles. The lowest BCUT2D eigenvalue weighted by Crippen LogP contribution is -2.08. The molecule has 0 spiro atoms. The molecular formula is C7H10BrFN2O. The second kappa shape index (κ2) is 4.95. The number of ether oxygens (including phenoxy) is 1. The first-order valence-electron chi connectivity index (χ1n) is 3.08. The number of halogens is 2. The maximum atomic E-state index is 12.5. The van der Waals surface area contributed by atoms with Crippen LogP contribution in [-0.2, 0) is 0 Å². The fourth-order valence-corrected chi connectivity index (χ4v) is 0.793. The number of hydrogen-bond donors (Lipinski definition) is 2. The van der Waals surface area contributed by atoms with Gasteiger partial charge in [0, 0.05) is 6.07 Å². The van der Waals surface area contributed by atoms with Gasteiger partial charge in [0.05, 0.1) is 12.8 Å². The molecule has 68 valence electrons. The van der Waals surface area contributed by atoms with E-state index in [1.165, 1.54) is 25.3 Å². The Hall–Kier alpha value is -0.810. The summed E-state index contributed by atoms with van der Waals surface area (Å²) in [6.07, 6.45) is 0. The Labute approximate surface area is 80.4 Å². The zero-order valence-electron chi connectivity index (χ0n) is 6.50. The fraction of sp³-hybridized carbons (Fsp3) is 0.143. The summed E-state index contributed by atoms with van der Waals surface area (Å²) in [6, 6.07) is 4.07. The van der Waals surface area contributed by atoms with Crippen molar-refractivity contribution in [1.82, 2.24) is 0 Å². The summed E-state index contributed by atoms with van der Waals surface area (Å²) in [4.78, 5) is 0. The van der Waals surface area contributed by atoms with E-state index in [0.29, 0.717) is 11.4 Å². The van der Waals surface area contributed by atoms with Gasteiger partial charge in [-0.05, 0) is 12.1 Å². The molecule has 0 aliphatic heterocycles. The number of nitrogens with one attached hydrogen (secondary N) is 1. The number of hydrogen-bond acceptors (Lipinski definition) is 3. The van der Waals surface area contributed by atoms with Crippen molar-refractivity contribution < 1.29 is 9.13 Å². The lowest BCUT2D eigenvalue weighted by molar-refractivity contribution is 0.415. The largest absolute Gasteiger partial charge is 0.495 e. The summed E-state index contributed by atoms with van der Waals surface area (Å²) in [6.45, 7) is 0. The molecule has 5 heteroatoms. The molecule has 12 heavy (non-hydrogen) atoms. The Kier molecular flexibility index (Phi) is 4.61.